The minimum atomic E-state index is -0.0238. The van der Waals surface area contributed by atoms with Crippen LogP contribution in [0.2, 0.25) is 0 Å². The normalized spacial score (nSPS) is 14.8. The summed E-state index contributed by atoms with van der Waals surface area (Å²) in [7, 11) is 0. The lowest BCUT2D eigenvalue weighted by molar-refractivity contribution is -0.121. The number of nitrogens with zero attached hydrogens (tertiary/aromatic N) is 3. The van der Waals surface area contributed by atoms with Crippen molar-refractivity contribution in [1.82, 2.24) is 19.8 Å². The lowest BCUT2D eigenvalue weighted by Gasteiger charge is -2.28. The molecule has 6 nitrogen and oxygen atoms in total. The van der Waals surface area contributed by atoms with Crippen LogP contribution in [0.25, 0.3) is 11.0 Å². The number of carbonyl (C=O) groups is 1. The van der Waals surface area contributed by atoms with Gasteiger partial charge in [0.15, 0.2) is 0 Å². The molecule has 1 amide bonds. The van der Waals surface area contributed by atoms with Gasteiger partial charge in [-0.3, -0.25) is 9.69 Å². The second-order valence-corrected chi connectivity index (χ2v) is 8.68. The van der Waals surface area contributed by atoms with E-state index in [0.717, 1.165) is 35.7 Å². The number of hydrogen-bond donors (Lipinski definition) is 1. The summed E-state index contributed by atoms with van der Waals surface area (Å²) < 4.78 is 7.90. The number of likely N-dealkylation sites (tertiary alicyclic amines) is 1. The van der Waals surface area contributed by atoms with E-state index in [9.17, 15) is 4.79 Å². The van der Waals surface area contributed by atoms with Crippen LogP contribution in [-0.4, -0.2) is 40.0 Å². The second-order valence-electron chi connectivity index (χ2n) is 8.68. The van der Waals surface area contributed by atoms with Gasteiger partial charge in [0.25, 0.3) is 0 Å². The molecule has 1 aliphatic rings. The van der Waals surface area contributed by atoms with Gasteiger partial charge in [-0.25, -0.2) is 4.98 Å². The topological polar surface area (TPSA) is 59.4 Å². The SMILES string of the molecule is O=C(Cn1c(COc2ccccc2)nc2ccccc21)NCC(c1ccccc1)N1CCCC1. The summed E-state index contributed by atoms with van der Waals surface area (Å²) in [5.41, 5.74) is 3.04. The van der Waals surface area contributed by atoms with Crippen LogP contribution in [0.15, 0.2) is 84.9 Å². The fraction of sp³-hybridized carbons (Fsp3) is 0.286. The molecule has 1 N–H and O–H groups in total. The number of fused-ring (bicyclic) bond motifs is 1. The molecule has 0 radical (unpaired) electrons. The molecule has 1 fully saturated rings. The van der Waals surface area contributed by atoms with Crippen molar-refractivity contribution in [3.63, 3.8) is 0 Å². The van der Waals surface area contributed by atoms with Gasteiger partial charge in [0.05, 0.1) is 17.1 Å². The van der Waals surface area contributed by atoms with Crippen molar-refractivity contribution < 1.29 is 9.53 Å². The standard InChI is InChI=1S/C28H30N4O2/c33-28(29-19-26(31-17-9-10-18-31)22-11-3-1-4-12-22)20-32-25-16-8-7-15-24(25)30-27(32)21-34-23-13-5-2-6-14-23/h1-8,11-16,26H,9-10,17-21H2,(H,29,33). The number of hydrogen-bond acceptors (Lipinski definition) is 4. The molecule has 0 bridgehead atoms. The van der Waals surface area contributed by atoms with Crippen molar-refractivity contribution in [3.8, 4) is 5.75 Å². The molecular weight excluding hydrogens is 424 g/mol. The lowest BCUT2D eigenvalue weighted by atomic mass is 10.1. The third-order valence-corrected chi connectivity index (χ3v) is 6.40. The first-order valence-corrected chi connectivity index (χ1v) is 12.0. The Kier molecular flexibility index (Phi) is 6.86. The summed E-state index contributed by atoms with van der Waals surface area (Å²) in [6.07, 6.45) is 2.42. The highest BCUT2D eigenvalue weighted by atomic mass is 16.5. The van der Waals surface area contributed by atoms with E-state index in [1.807, 2.05) is 65.2 Å². The Bertz CT molecular complexity index is 1220. The van der Waals surface area contributed by atoms with Crippen molar-refractivity contribution in [2.45, 2.75) is 32.0 Å². The molecule has 174 valence electrons. The number of rotatable bonds is 9. The van der Waals surface area contributed by atoms with E-state index in [0.29, 0.717) is 13.2 Å². The first-order chi connectivity index (χ1) is 16.8. The van der Waals surface area contributed by atoms with Crippen LogP contribution in [0, 0.1) is 0 Å². The highest BCUT2D eigenvalue weighted by Gasteiger charge is 2.24. The minimum Gasteiger partial charge on any atom is -0.486 e. The molecule has 3 aromatic carbocycles. The zero-order valence-corrected chi connectivity index (χ0v) is 19.3. The monoisotopic (exact) mass is 454 g/mol. The fourth-order valence-corrected chi connectivity index (χ4v) is 4.67. The maximum Gasteiger partial charge on any atom is 0.240 e. The van der Waals surface area contributed by atoms with Gasteiger partial charge in [0.2, 0.25) is 5.91 Å². The molecule has 1 unspecified atom stereocenters. The molecule has 1 saturated heterocycles. The zero-order valence-electron chi connectivity index (χ0n) is 19.3. The van der Waals surface area contributed by atoms with E-state index in [1.54, 1.807) is 0 Å². The Labute approximate surface area is 200 Å². The molecule has 0 spiro atoms. The van der Waals surface area contributed by atoms with E-state index in [1.165, 1.54) is 18.4 Å². The molecule has 1 aromatic heterocycles. The van der Waals surface area contributed by atoms with Crippen LogP contribution in [-0.2, 0) is 17.9 Å². The Balaban J connectivity index is 1.30. The lowest BCUT2D eigenvalue weighted by Crippen LogP contribution is -2.38. The Morgan fingerprint density at radius 3 is 2.35 bits per heavy atom. The quantitative estimate of drug-likeness (QED) is 0.403. The zero-order chi connectivity index (χ0) is 23.2. The summed E-state index contributed by atoms with van der Waals surface area (Å²) in [6, 6.07) is 28.2. The molecule has 0 saturated carbocycles. The maximum absolute atomic E-state index is 13.1. The van der Waals surface area contributed by atoms with Crippen molar-refractivity contribution in [2.75, 3.05) is 19.6 Å². The summed E-state index contributed by atoms with van der Waals surface area (Å²) in [5.74, 6) is 1.49. The van der Waals surface area contributed by atoms with Gasteiger partial charge in [0, 0.05) is 6.54 Å². The Morgan fingerprint density at radius 1 is 0.912 bits per heavy atom. The molecule has 4 aromatic rings. The molecule has 1 aliphatic heterocycles. The van der Waals surface area contributed by atoms with Gasteiger partial charge in [0.1, 0.15) is 24.7 Å². The number of aromatic nitrogens is 2. The number of amides is 1. The second kappa shape index (κ2) is 10.5. The first kappa shape index (κ1) is 22.2. The average molecular weight is 455 g/mol. The average Bonchev–Trinajstić information content (AvgIpc) is 3.53. The molecule has 6 heteroatoms. The van der Waals surface area contributed by atoms with Crippen molar-refractivity contribution in [1.29, 1.82) is 0 Å². The summed E-state index contributed by atoms with van der Waals surface area (Å²) in [6.45, 7) is 3.23. The van der Waals surface area contributed by atoms with Crippen LogP contribution < -0.4 is 10.1 Å². The highest BCUT2D eigenvalue weighted by Crippen LogP contribution is 2.24. The third-order valence-electron chi connectivity index (χ3n) is 6.40. The summed E-state index contributed by atoms with van der Waals surface area (Å²) in [4.78, 5) is 20.3. The number of carbonyl (C=O) groups excluding carboxylic acids is 1. The van der Waals surface area contributed by atoms with Crippen LogP contribution in [0.4, 0.5) is 0 Å². The van der Waals surface area contributed by atoms with Gasteiger partial charge in [-0.15, -0.1) is 0 Å². The largest absolute Gasteiger partial charge is 0.486 e. The van der Waals surface area contributed by atoms with E-state index in [2.05, 4.69) is 34.5 Å². The van der Waals surface area contributed by atoms with Crippen molar-refractivity contribution in [3.05, 3.63) is 96.3 Å². The molecular formula is C28H30N4O2. The number of para-hydroxylation sites is 3. The van der Waals surface area contributed by atoms with Crippen molar-refractivity contribution in [2.24, 2.45) is 0 Å². The van der Waals surface area contributed by atoms with E-state index < -0.39 is 0 Å². The molecule has 0 aliphatic carbocycles. The van der Waals surface area contributed by atoms with Crippen LogP contribution >= 0.6 is 0 Å². The predicted molar refractivity (Wildman–Crippen MR) is 134 cm³/mol. The number of nitrogens with one attached hydrogen (secondary N) is 1. The van der Waals surface area contributed by atoms with Gasteiger partial charge in [-0.05, 0) is 55.8 Å². The smallest absolute Gasteiger partial charge is 0.240 e. The Hall–Kier alpha value is -3.64. The Morgan fingerprint density at radius 2 is 1.59 bits per heavy atom. The molecule has 34 heavy (non-hydrogen) atoms. The van der Waals surface area contributed by atoms with E-state index in [-0.39, 0.29) is 18.5 Å². The number of benzene rings is 3. The van der Waals surface area contributed by atoms with Gasteiger partial charge < -0.3 is 14.6 Å². The van der Waals surface area contributed by atoms with Gasteiger partial charge >= 0.3 is 0 Å². The molecule has 5 rings (SSSR count). The molecule has 1 atom stereocenters. The number of ether oxygens (including phenoxy) is 1. The minimum absolute atomic E-state index is 0.0238. The van der Waals surface area contributed by atoms with Gasteiger partial charge in [-0.2, -0.15) is 0 Å². The van der Waals surface area contributed by atoms with E-state index >= 15 is 0 Å². The van der Waals surface area contributed by atoms with Gasteiger partial charge in [-0.1, -0.05) is 60.7 Å². The summed E-state index contributed by atoms with van der Waals surface area (Å²) >= 11 is 0. The van der Waals surface area contributed by atoms with Crippen LogP contribution in [0.1, 0.15) is 30.3 Å². The van der Waals surface area contributed by atoms with E-state index in [4.69, 9.17) is 9.72 Å². The van der Waals surface area contributed by atoms with Crippen LogP contribution in [0.3, 0.4) is 0 Å². The molecule has 2 heterocycles. The summed E-state index contributed by atoms with van der Waals surface area (Å²) in [5, 5.41) is 3.19. The number of imidazole rings is 1. The third kappa shape index (κ3) is 5.13. The highest BCUT2D eigenvalue weighted by molar-refractivity contribution is 5.81. The van der Waals surface area contributed by atoms with Crippen molar-refractivity contribution >= 4 is 16.9 Å². The maximum atomic E-state index is 13.1. The fourth-order valence-electron chi connectivity index (χ4n) is 4.67. The predicted octanol–water partition coefficient (Wildman–Crippen LogP) is 4.57. The van der Waals surface area contributed by atoms with Crippen LogP contribution in [0.5, 0.6) is 5.75 Å². The first-order valence-electron chi connectivity index (χ1n) is 12.0.